The number of oxazole rings is 1. The van der Waals surface area contributed by atoms with Gasteiger partial charge in [-0.15, -0.1) is 0 Å². The van der Waals surface area contributed by atoms with E-state index >= 15 is 0 Å². The lowest BCUT2D eigenvalue weighted by Crippen LogP contribution is -2.20. The molecule has 0 spiro atoms. The molecule has 7 nitrogen and oxygen atoms in total. The molecule has 2 aromatic heterocycles. The Morgan fingerprint density at radius 3 is 2.78 bits per heavy atom. The number of nitrogens with zero attached hydrogens (tertiary/aromatic N) is 1. The van der Waals surface area contributed by atoms with Gasteiger partial charge in [-0.1, -0.05) is 13.0 Å². The Labute approximate surface area is 130 Å². The van der Waals surface area contributed by atoms with E-state index in [4.69, 9.17) is 9.52 Å². The third-order valence-electron chi connectivity index (χ3n) is 3.64. The third-order valence-corrected chi connectivity index (χ3v) is 3.64. The van der Waals surface area contributed by atoms with Crippen LogP contribution in [0.5, 0.6) is 5.75 Å². The number of nitrogens with one attached hydrogen (secondary N) is 1. The van der Waals surface area contributed by atoms with Crippen molar-refractivity contribution in [3.63, 3.8) is 0 Å². The molecule has 0 fully saturated rings. The highest BCUT2D eigenvalue weighted by molar-refractivity contribution is 5.92. The molecule has 0 bridgehead atoms. The van der Waals surface area contributed by atoms with Gasteiger partial charge in [0.15, 0.2) is 17.0 Å². The van der Waals surface area contributed by atoms with Gasteiger partial charge in [-0.2, -0.15) is 0 Å². The van der Waals surface area contributed by atoms with E-state index in [9.17, 15) is 14.7 Å². The van der Waals surface area contributed by atoms with E-state index in [-0.39, 0.29) is 0 Å². The number of H-pyrrole nitrogens is 1. The number of aromatic hydroxyl groups is 1. The van der Waals surface area contributed by atoms with Crippen LogP contribution in [0.25, 0.3) is 22.4 Å². The number of aryl methyl sites for hydroxylation is 1. The summed E-state index contributed by atoms with van der Waals surface area (Å²) in [6, 6.07) is 5.16. The van der Waals surface area contributed by atoms with Crippen LogP contribution < -0.4 is 5.56 Å². The second-order valence-corrected chi connectivity index (χ2v) is 5.11. The number of pyridine rings is 1. The van der Waals surface area contributed by atoms with E-state index in [2.05, 4.69) is 9.97 Å². The normalized spacial score (nSPS) is 11.0. The van der Waals surface area contributed by atoms with Crippen LogP contribution in [-0.2, 0) is 6.42 Å². The number of carbonyl (C=O) groups is 1. The number of aromatic amines is 1. The number of carboxylic acids is 1. The van der Waals surface area contributed by atoms with Crippen LogP contribution in [0.4, 0.5) is 0 Å². The zero-order valence-electron chi connectivity index (χ0n) is 12.5. The summed E-state index contributed by atoms with van der Waals surface area (Å²) >= 11 is 0. The van der Waals surface area contributed by atoms with Crippen molar-refractivity contribution < 1.29 is 19.4 Å². The van der Waals surface area contributed by atoms with Crippen molar-refractivity contribution in [2.75, 3.05) is 0 Å². The molecule has 3 N–H and O–H groups in total. The second kappa shape index (κ2) is 5.28. The zero-order valence-corrected chi connectivity index (χ0v) is 12.5. The minimum absolute atomic E-state index is 0.353. The number of hydrogen-bond donors (Lipinski definition) is 3. The Morgan fingerprint density at radius 1 is 1.39 bits per heavy atom. The summed E-state index contributed by atoms with van der Waals surface area (Å²) < 4.78 is 5.47. The predicted molar refractivity (Wildman–Crippen MR) is 82.8 cm³/mol. The molecule has 0 radical (unpaired) electrons. The number of carboxylic acid groups (broad SMARTS) is 1. The van der Waals surface area contributed by atoms with Gasteiger partial charge in [0.1, 0.15) is 11.3 Å². The van der Waals surface area contributed by atoms with Crippen LogP contribution in [-0.4, -0.2) is 26.2 Å². The van der Waals surface area contributed by atoms with E-state index < -0.39 is 22.8 Å². The summed E-state index contributed by atoms with van der Waals surface area (Å²) in [7, 11) is 0. The zero-order chi connectivity index (χ0) is 16.7. The van der Waals surface area contributed by atoms with Gasteiger partial charge < -0.3 is 19.6 Å². The maximum absolute atomic E-state index is 12.0. The molecule has 0 aliphatic carbocycles. The molecular weight excluding hydrogens is 300 g/mol. The topological polar surface area (TPSA) is 116 Å². The van der Waals surface area contributed by atoms with Gasteiger partial charge in [0.25, 0.3) is 5.56 Å². The average Bonchev–Trinajstić information content (AvgIpc) is 2.85. The van der Waals surface area contributed by atoms with E-state index in [1.54, 1.807) is 32.0 Å². The largest absolute Gasteiger partial charge is 0.506 e. The average molecular weight is 314 g/mol. The molecule has 2 heterocycles. The van der Waals surface area contributed by atoms with Crippen molar-refractivity contribution in [2.24, 2.45) is 0 Å². The van der Waals surface area contributed by atoms with E-state index in [0.717, 1.165) is 0 Å². The van der Waals surface area contributed by atoms with Gasteiger partial charge in [-0.3, -0.25) is 4.79 Å². The fourth-order valence-electron chi connectivity index (χ4n) is 2.61. The first-order valence-corrected chi connectivity index (χ1v) is 7.01. The fourth-order valence-corrected chi connectivity index (χ4v) is 2.61. The first-order valence-electron chi connectivity index (χ1n) is 7.01. The monoisotopic (exact) mass is 314 g/mol. The smallest absolute Gasteiger partial charge is 0.345 e. The molecule has 3 rings (SSSR count). The van der Waals surface area contributed by atoms with Gasteiger partial charge in [0.2, 0.25) is 0 Å². The summed E-state index contributed by atoms with van der Waals surface area (Å²) in [4.78, 5) is 29.9. The summed E-state index contributed by atoms with van der Waals surface area (Å²) in [5.74, 6) is -1.45. The number of aromatic nitrogens is 2. The van der Waals surface area contributed by atoms with Crippen molar-refractivity contribution in [3.8, 4) is 17.0 Å². The molecule has 0 atom stereocenters. The van der Waals surface area contributed by atoms with Gasteiger partial charge >= 0.3 is 5.97 Å². The SMILES string of the molecule is CCc1c(-c2ccc3nc(C)oc3c2)[nH]c(=O)c(C(=O)O)c1O. The molecule has 0 saturated heterocycles. The van der Waals surface area contributed by atoms with Gasteiger partial charge in [-0.25, -0.2) is 9.78 Å². The van der Waals surface area contributed by atoms with Gasteiger partial charge in [0, 0.05) is 18.1 Å². The van der Waals surface area contributed by atoms with Crippen molar-refractivity contribution in [3.05, 3.63) is 45.6 Å². The number of rotatable bonds is 3. The van der Waals surface area contributed by atoms with Crippen LogP contribution in [0.2, 0.25) is 0 Å². The van der Waals surface area contributed by atoms with Crippen molar-refractivity contribution >= 4 is 17.1 Å². The molecule has 23 heavy (non-hydrogen) atoms. The lowest BCUT2D eigenvalue weighted by molar-refractivity contribution is 0.0691. The molecule has 0 unspecified atom stereocenters. The number of aromatic carboxylic acids is 1. The summed E-state index contributed by atoms with van der Waals surface area (Å²) in [6.07, 6.45) is 0.353. The molecule has 7 heteroatoms. The standard InChI is InChI=1S/C16H14N2O5/c1-3-9-13(18-15(20)12(14(9)19)16(21)22)8-4-5-10-11(6-8)23-7(2)17-10/h4-6H,3H2,1-2H3,(H,21,22)(H2,18,19,20). The highest BCUT2D eigenvalue weighted by Crippen LogP contribution is 2.31. The lowest BCUT2D eigenvalue weighted by Gasteiger charge is -2.11. The highest BCUT2D eigenvalue weighted by atomic mass is 16.4. The summed E-state index contributed by atoms with van der Waals surface area (Å²) in [5.41, 5.74) is 1.06. The van der Waals surface area contributed by atoms with Crippen LogP contribution >= 0.6 is 0 Å². The molecule has 0 amide bonds. The molecule has 3 aromatic rings. The van der Waals surface area contributed by atoms with E-state index in [0.29, 0.717) is 40.2 Å². The van der Waals surface area contributed by atoms with E-state index in [1.165, 1.54) is 0 Å². The molecule has 118 valence electrons. The molecule has 0 aliphatic rings. The number of hydrogen-bond acceptors (Lipinski definition) is 5. The van der Waals surface area contributed by atoms with E-state index in [1.807, 2.05) is 0 Å². The highest BCUT2D eigenvalue weighted by Gasteiger charge is 2.22. The maximum Gasteiger partial charge on any atom is 0.345 e. The molecule has 1 aromatic carbocycles. The minimum Gasteiger partial charge on any atom is -0.506 e. The molecular formula is C16H14N2O5. The first-order chi connectivity index (χ1) is 10.9. The first kappa shape index (κ1) is 14.8. The third kappa shape index (κ3) is 2.36. The quantitative estimate of drug-likeness (QED) is 0.683. The van der Waals surface area contributed by atoms with Crippen LogP contribution in [0.1, 0.15) is 28.7 Å². The van der Waals surface area contributed by atoms with Gasteiger partial charge in [0.05, 0.1) is 5.69 Å². The lowest BCUT2D eigenvalue weighted by atomic mass is 10.0. The Bertz CT molecular complexity index is 984. The summed E-state index contributed by atoms with van der Waals surface area (Å²) in [6.45, 7) is 3.49. The van der Waals surface area contributed by atoms with Crippen molar-refractivity contribution in [2.45, 2.75) is 20.3 Å². The molecule has 0 saturated carbocycles. The Kier molecular flexibility index (Phi) is 3.40. The predicted octanol–water partition coefficient (Wildman–Crippen LogP) is 2.46. The van der Waals surface area contributed by atoms with Crippen molar-refractivity contribution in [1.29, 1.82) is 0 Å². The van der Waals surface area contributed by atoms with Crippen LogP contribution in [0, 0.1) is 6.92 Å². The fraction of sp³-hybridized carbons (Fsp3) is 0.188. The van der Waals surface area contributed by atoms with Crippen LogP contribution in [0.3, 0.4) is 0 Å². The Hall–Kier alpha value is -3.09. The van der Waals surface area contributed by atoms with Crippen LogP contribution in [0.15, 0.2) is 27.4 Å². The second-order valence-electron chi connectivity index (χ2n) is 5.11. The minimum atomic E-state index is -1.47. The molecule has 0 aliphatic heterocycles. The summed E-state index contributed by atoms with van der Waals surface area (Å²) in [5, 5.41) is 19.2. The van der Waals surface area contributed by atoms with Crippen molar-refractivity contribution in [1.82, 2.24) is 9.97 Å². The maximum atomic E-state index is 12.0. The van der Waals surface area contributed by atoms with Gasteiger partial charge in [-0.05, 0) is 18.6 Å². The Balaban J connectivity index is 2.29. The number of benzene rings is 1. The Morgan fingerprint density at radius 2 is 2.13 bits per heavy atom. The number of fused-ring (bicyclic) bond motifs is 1.